The fourth-order valence-electron chi connectivity index (χ4n) is 0.905. The van der Waals surface area contributed by atoms with E-state index in [1.165, 1.54) is 0 Å². The van der Waals surface area contributed by atoms with E-state index in [4.69, 9.17) is 5.73 Å². The van der Waals surface area contributed by atoms with E-state index in [0.29, 0.717) is 12.1 Å². The summed E-state index contributed by atoms with van der Waals surface area (Å²) in [5.41, 5.74) is 4.75. The van der Waals surface area contributed by atoms with Gasteiger partial charge in [-0.3, -0.25) is 0 Å². The van der Waals surface area contributed by atoms with Gasteiger partial charge in [0.15, 0.2) is 11.6 Å². The highest BCUT2D eigenvalue weighted by Crippen LogP contribution is 2.19. The summed E-state index contributed by atoms with van der Waals surface area (Å²) in [6.07, 6.45) is 0. The number of hydrogen-bond donors (Lipinski definition) is 1. The largest absolute Gasteiger partial charge is 0.322 e. The van der Waals surface area contributed by atoms with E-state index in [-0.39, 0.29) is 5.56 Å². The molecule has 0 radical (unpaired) electrons. The summed E-state index contributed by atoms with van der Waals surface area (Å²) in [7, 11) is 0. The summed E-state index contributed by atoms with van der Waals surface area (Å²) in [4.78, 5) is 0. The van der Waals surface area contributed by atoms with Gasteiger partial charge < -0.3 is 5.73 Å². The number of alkyl halides is 1. The molecule has 0 heterocycles. The minimum absolute atomic E-state index is 0.347. The van der Waals surface area contributed by atoms with Gasteiger partial charge in [0, 0.05) is 11.6 Å². The average molecular weight is 193 g/mol. The van der Waals surface area contributed by atoms with Crippen LogP contribution in [0.15, 0.2) is 12.1 Å². The topological polar surface area (TPSA) is 26.0 Å². The van der Waals surface area contributed by atoms with Crippen molar-refractivity contribution in [1.29, 1.82) is 0 Å². The van der Waals surface area contributed by atoms with Crippen LogP contribution < -0.4 is 5.73 Å². The summed E-state index contributed by atoms with van der Waals surface area (Å²) < 4.78 is 49.7. The Morgan fingerprint density at radius 3 is 2.15 bits per heavy atom. The van der Waals surface area contributed by atoms with Gasteiger partial charge in [-0.25, -0.2) is 17.6 Å². The Hall–Kier alpha value is -1.10. The summed E-state index contributed by atoms with van der Waals surface area (Å²) in [6, 6.07) is -0.343. The fourth-order valence-corrected chi connectivity index (χ4v) is 0.905. The third-order valence-corrected chi connectivity index (χ3v) is 1.61. The van der Waals surface area contributed by atoms with E-state index < -0.39 is 30.2 Å². The molecule has 2 N–H and O–H groups in total. The lowest BCUT2D eigenvalue weighted by Crippen LogP contribution is -2.14. The molecule has 5 heteroatoms. The van der Waals surface area contributed by atoms with Crippen molar-refractivity contribution in [3.8, 4) is 0 Å². The van der Waals surface area contributed by atoms with Gasteiger partial charge in [0.2, 0.25) is 0 Å². The van der Waals surface area contributed by atoms with Crippen molar-refractivity contribution >= 4 is 0 Å². The van der Waals surface area contributed by atoms with E-state index in [2.05, 4.69) is 0 Å². The molecule has 0 fully saturated rings. The maximum absolute atomic E-state index is 12.8. The Bertz CT molecular complexity index is 313. The minimum atomic E-state index is -1.31. The second-order valence-electron chi connectivity index (χ2n) is 2.55. The third-order valence-electron chi connectivity index (χ3n) is 1.61. The van der Waals surface area contributed by atoms with Gasteiger partial charge in [-0.2, -0.15) is 0 Å². The molecule has 0 spiro atoms. The maximum atomic E-state index is 12.8. The first-order valence-electron chi connectivity index (χ1n) is 3.52. The molecule has 1 nitrogen and oxygen atoms in total. The lowest BCUT2D eigenvalue weighted by molar-refractivity contribution is 0.420. The van der Waals surface area contributed by atoms with E-state index >= 15 is 0 Å². The van der Waals surface area contributed by atoms with E-state index in [0.717, 1.165) is 0 Å². The van der Waals surface area contributed by atoms with Crippen LogP contribution in [0, 0.1) is 17.5 Å². The smallest absolute Gasteiger partial charge is 0.161 e. The van der Waals surface area contributed by atoms with Crippen LogP contribution in [0.25, 0.3) is 0 Å². The van der Waals surface area contributed by atoms with Crippen molar-refractivity contribution < 1.29 is 17.6 Å². The SMILES string of the molecule is N[C@@H](CF)c1cc(F)c(F)cc1F. The van der Waals surface area contributed by atoms with Crippen molar-refractivity contribution in [2.45, 2.75) is 6.04 Å². The number of rotatable bonds is 2. The Morgan fingerprint density at radius 1 is 1.08 bits per heavy atom. The van der Waals surface area contributed by atoms with Crippen LogP contribution in [0.5, 0.6) is 0 Å². The zero-order valence-electron chi connectivity index (χ0n) is 6.53. The molecule has 0 amide bonds. The molecule has 0 unspecified atom stereocenters. The molecule has 0 aromatic heterocycles. The first-order chi connectivity index (χ1) is 6.06. The lowest BCUT2D eigenvalue weighted by Gasteiger charge is -2.08. The van der Waals surface area contributed by atoms with Gasteiger partial charge in [-0.05, 0) is 6.07 Å². The van der Waals surface area contributed by atoms with Crippen LogP contribution in [0.4, 0.5) is 17.6 Å². The normalized spacial score (nSPS) is 13.0. The minimum Gasteiger partial charge on any atom is -0.322 e. The van der Waals surface area contributed by atoms with Crippen LogP contribution in [0.1, 0.15) is 11.6 Å². The Kier molecular flexibility index (Phi) is 2.87. The Balaban J connectivity index is 3.15. The summed E-state index contributed by atoms with van der Waals surface area (Å²) in [5, 5.41) is 0. The third kappa shape index (κ3) is 1.98. The van der Waals surface area contributed by atoms with E-state index in [1.54, 1.807) is 0 Å². The summed E-state index contributed by atoms with van der Waals surface area (Å²) in [5.74, 6) is -3.59. The summed E-state index contributed by atoms with van der Waals surface area (Å²) in [6.45, 7) is -1.03. The molecule has 13 heavy (non-hydrogen) atoms. The van der Waals surface area contributed by atoms with Crippen LogP contribution in [0.3, 0.4) is 0 Å². The zero-order chi connectivity index (χ0) is 10.0. The number of benzene rings is 1. The zero-order valence-corrected chi connectivity index (χ0v) is 6.53. The van der Waals surface area contributed by atoms with Crippen molar-refractivity contribution in [2.75, 3.05) is 6.67 Å². The van der Waals surface area contributed by atoms with Gasteiger partial charge in [-0.15, -0.1) is 0 Å². The highest BCUT2D eigenvalue weighted by molar-refractivity contribution is 5.23. The molecule has 1 aromatic rings. The molecule has 0 aliphatic heterocycles. The first-order valence-corrected chi connectivity index (χ1v) is 3.52. The monoisotopic (exact) mass is 193 g/mol. The van der Waals surface area contributed by atoms with Crippen LogP contribution in [-0.4, -0.2) is 6.67 Å². The van der Waals surface area contributed by atoms with Crippen molar-refractivity contribution in [3.05, 3.63) is 35.1 Å². The van der Waals surface area contributed by atoms with Crippen molar-refractivity contribution in [1.82, 2.24) is 0 Å². The molecule has 1 atom stereocenters. The second-order valence-corrected chi connectivity index (χ2v) is 2.55. The van der Waals surface area contributed by atoms with Crippen molar-refractivity contribution in [2.24, 2.45) is 5.73 Å². The first kappa shape index (κ1) is 9.98. The predicted octanol–water partition coefficient (Wildman–Crippen LogP) is 2.07. The molecule has 72 valence electrons. The lowest BCUT2D eigenvalue weighted by atomic mass is 10.1. The highest BCUT2D eigenvalue weighted by Gasteiger charge is 2.15. The number of nitrogens with two attached hydrogens (primary N) is 1. The molecule has 1 aromatic carbocycles. The number of halogens is 4. The number of hydrogen-bond acceptors (Lipinski definition) is 1. The molecule has 0 saturated heterocycles. The van der Waals surface area contributed by atoms with Crippen molar-refractivity contribution in [3.63, 3.8) is 0 Å². The molecule has 1 rings (SSSR count). The van der Waals surface area contributed by atoms with Crippen LogP contribution >= 0.6 is 0 Å². The van der Waals surface area contributed by atoms with Gasteiger partial charge in [0.25, 0.3) is 0 Å². The average Bonchev–Trinajstić information content (AvgIpc) is 2.10. The Labute approximate surface area is 72.2 Å². The van der Waals surface area contributed by atoms with Gasteiger partial charge >= 0.3 is 0 Å². The van der Waals surface area contributed by atoms with Crippen LogP contribution in [0.2, 0.25) is 0 Å². The quantitative estimate of drug-likeness (QED) is 0.564. The molecule has 0 bridgehead atoms. The standard InChI is InChI=1S/C8H7F4N/c9-3-8(13)4-1-6(11)7(12)2-5(4)10/h1-2,8H,3,13H2/t8-/m0/s1. The van der Waals surface area contributed by atoms with Gasteiger partial charge in [0.05, 0.1) is 6.04 Å². The van der Waals surface area contributed by atoms with Crippen LogP contribution in [-0.2, 0) is 0 Å². The maximum Gasteiger partial charge on any atom is 0.161 e. The predicted molar refractivity (Wildman–Crippen MR) is 39.2 cm³/mol. The van der Waals surface area contributed by atoms with Gasteiger partial charge in [-0.1, -0.05) is 0 Å². The molecular weight excluding hydrogens is 186 g/mol. The molecule has 0 aliphatic carbocycles. The molecular formula is C8H7F4N. The van der Waals surface area contributed by atoms with Gasteiger partial charge in [0.1, 0.15) is 12.5 Å². The van der Waals surface area contributed by atoms with E-state index in [9.17, 15) is 17.6 Å². The highest BCUT2D eigenvalue weighted by atomic mass is 19.2. The molecule has 0 aliphatic rings. The molecule has 0 saturated carbocycles. The second kappa shape index (κ2) is 3.74. The Morgan fingerprint density at radius 2 is 1.62 bits per heavy atom. The fraction of sp³-hybridized carbons (Fsp3) is 0.250. The summed E-state index contributed by atoms with van der Waals surface area (Å²) >= 11 is 0. The van der Waals surface area contributed by atoms with E-state index in [1.807, 2.05) is 0 Å².